The zero-order valence-electron chi connectivity index (χ0n) is 5.76. The van der Waals surface area contributed by atoms with Crippen LogP contribution in [0.1, 0.15) is 11.4 Å². The van der Waals surface area contributed by atoms with Gasteiger partial charge in [0.1, 0.15) is 11.8 Å². The Morgan fingerprint density at radius 1 is 1.18 bits per heavy atom. The lowest BCUT2D eigenvalue weighted by Gasteiger charge is -2.04. The Labute approximate surface area is 74.9 Å². The van der Waals surface area contributed by atoms with Gasteiger partial charge in [0.05, 0.1) is 0 Å². The minimum atomic E-state index is 0.216. The average molecular weight is 192 g/mol. The fourth-order valence-electron chi connectivity index (χ4n) is 0.788. The van der Waals surface area contributed by atoms with Crippen molar-refractivity contribution in [3.63, 3.8) is 0 Å². The van der Waals surface area contributed by atoms with E-state index in [0.29, 0.717) is 11.4 Å². The number of hydrogen-bond acceptors (Lipinski definition) is 1. The second-order valence-electron chi connectivity index (χ2n) is 2.07. The van der Waals surface area contributed by atoms with Gasteiger partial charge in [-0.1, -0.05) is 0 Å². The van der Waals surface area contributed by atoms with Gasteiger partial charge in [0.25, 0.3) is 0 Å². The van der Waals surface area contributed by atoms with E-state index < -0.39 is 0 Å². The van der Waals surface area contributed by atoms with Gasteiger partial charge in [-0.2, -0.15) is 4.73 Å². The minimum Gasteiger partial charge on any atom is -0.618 e. The number of pyridine rings is 1. The van der Waals surface area contributed by atoms with Crippen LogP contribution in [0.5, 0.6) is 0 Å². The molecule has 0 spiro atoms. The maximum Gasteiger partial charge on any atom is 0.207 e. The molecule has 0 atom stereocenters. The van der Waals surface area contributed by atoms with Crippen molar-refractivity contribution in [1.82, 2.24) is 0 Å². The predicted molar refractivity (Wildman–Crippen MR) is 44.5 cm³/mol. The van der Waals surface area contributed by atoms with Crippen molar-refractivity contribution in [3.05, 3.63) is 34.8 Å². The highest BCUT2D eigenvalue weighted by Gasteiger charge is 2.07. The molecule has 0 aromatic carbocycles. The van der Waals surface area contributed by atoms with Gasteiger partial charge in [0.2, 0.25) is 11.4 Å². The number of halogens is 2. The summed E-state index contributed by atoms with van der Waals surface area (Å²) in [5.41, 5.74) is 1.06. The molecule has 1 aromatic heterocycles. The maximum absolute atomic E-state index is 11.2. The molecule has 1 aromatic rings. The molecule has 1 rings (SSSR count). The van der Waals surface area contributed by atoms with E-state index in [2.05, 4.69) is 0 Å². The molecule has 1 heterocycles. The Hall–Kier alpha value is -0.470. The Morgan fingerprint density at radius 2 is 1.64 bits per heavy atom. The minimum absolute atomic E-state index is 0.216. The number of nitrogens with zero attached hydrogens (tertiary/aromatic N) is 1. The summed E-state index contributed by atoms with van der Waals surface area (Å²) >= 11 is 11.0. The fourth-order valence-corrected chi connectivity index (χ4v) is 1.18. The lowest BCUT2D eigenvalue weighted by Crippen LogP contribution is -2.35. The van der Waals surface area contributed by atoms with Crippen LogP contribution in [-0.4, -0.2) is 0 Å². The molecule has 0 aliphatic heterocycles. The zero-order valence-corrected chi connectivity index (χ0v) is 7.27. The third kappa shape index (κ3) is 1.76. The summed E-state index contributed by atoms with van der Waals surface area (Å²) in [5.74, 6) is 0.433. The van der Waals surface area contributed by atoms with Crippen LogP contribution in [0.4, 0.5) is 0 Å². The van der Waals surface area contributed by atoms with Crippen LogP contribution in [0, 0.1) is 5.21 Å². The molecule has 0 fully saturated rings. The number of hydrogen-bond donors (Lipinski definition) is 0. The molecule has 0 aliphatic rings. The van der Waals surface area contributed by atoms with Gasteiger partial charge in [-0.05, 0) is 6.07 Å². The lowest BCUT2D eigenvalue weighted by atomic mass is 10.3. The van der Waals surface area contributed by atoms with Crippen LogP contribution in [0.2, 0.25) is 0 Å². The van der Waals surface area contributed by atoms with E-state index in [1.165, 1.54) is 0 Å². The highest BCUT2D eigenvalue weighted by Crippen LogP contribution is 2.01. The van der Waals surface area contributed by atoms with E-state index in [4.69, 9.17) is 23.2 Å². The number of rotatable bonds is 2. The second kappa shape index (κ2) is 3.79. The van der Waals surface area contributed by atoms with E-state index in [0.717, 1.165) is 4.73 Å². The van der Waals surface area contributed by atoms with Crippen LogP contribution < -0.4 is 4.73 Å². The Morgan fingerprint density at radius 3 is 2.00 bits per heavy atom. The van der Waals surface area contributed by atoms with E-state index in [1.54, 1.807) is 18.2 Å². The van der Waals surface area contributed by atoms with E-state index in [1.807, 2.05) is 0 Å². The van der Waals surface area contributed by atoms with Gasteiger partial charge in [-0.3, -0.25) is 0 Å². The Bertz CT molecular complexity index is 230. The van der Waals surface area contributed by atoms with Gasteiger partial charge in [-0.15, -0.1) is 23.2 Å². The van der Waals surface area contributed by atoms with E-state index in [9.17, 15) is 5.21 Å². The predicted octanol–water partition coefficient (Wildman–Crippen LogP) is 1.80. The molecular formula is C7H7Cl2NO. The summed E-state index contributed by atoms with van der Waals surface area (Å²) in [6, 6.07) is 5.12. The van der Waals surface area contributed by atoms with Crippen molar-refractivity contribution in [1.29, 1.82) is 0 Å². The molecule has 0 bridgehead atoms. The van der Waals surface area contributed by atoms with Gasteiger partial charge >= 0.3 is 0 Å². The molecule has 11 heavy (non-hydrogen) atoms. The molecule has 2 nitrogen and oxygen atoms in total. The van der Waals surface area contributed by atoms with Crippen LogP contribution >= 0.6 is 23.2 Å². The summed E-state index contributed by atoms with van der Waals surface area (Å²) in [5, 5.41) is 11.2. The van der Waals surface area contributed by atoms with Gasteiger partial charge < -0.3 is 5.21 Å². The first kappa shape index (κ1) is 8.62. The third-order valence-electron chi connectivity index (χ3n) is 1.37. The molecule has 4 heteroatoms. The largest absolute Gasteiger partial charge is 0.618 e. The molecule has 0 saturated carbocycles. The SMILES string of the molecule is [O-][n+]1c(CCl)cccc1CCl. The number of aromatic nitrogens is 1. The molecule has 0 amide bonds. The maximum atomic E-state index is 11.2. The van der Waals surface area contributed by atoms with Crippen LogP contribution in [-0.2, 0) is 11.8 Å². The van der Waals surface area contributed by atoms with Crippen molar-refractivity contribution >= 4 is 23.2 Å². The Kier molecular flexibility index (Phi) is 2.97. The Balaban J connectivity index is 3.10. The molecule has 0 saturated heterocycles. The lowest BCUT2D eigenvalue weighted by molar-refractivity contribution is -0.620. The molecule has 0 unspecified atom stereocenters. The zero-order chi connectivity index (χ0) is 8.27. The van der Waals surface area contributed by atoms with Crippen molar-refractivity contribution in [2.24, 2.45) is 0 Å². The first-order valence-electron chi connectivity index (χ1n) is 3.12. The quantitative estimate of drug-likeness (QED) is 0.398. The van der Waals surface area contributed by atoms with Gasteiger partial charge in [0.15, 0.2) is 0 Å². The van der Waals surface area contributed by atoms with Crippen molar-refractivity contribution < 1.29 is 4.73 Å². The third-order valence-corrected chi connectivity index (χ3v) is 1.92. The van der Waals surface area contributed by atoms with E-state index in [-0.39, 0.29) is 11.8 Å². The first-order chi connectivity index (χ1) is 5.29. The van der Waals surface area contributed by atoms with Crippen molar-refractivity contribution in [2.75, 3.05) is 0 Å². The topological polar surface area (TPSA) is 26.9 Å². The van der Waals surface area contributed by atoms with E-state index >= 15 is 0 Å². The average Bonchev–Trinajstić information content (AvgIpc) is 2.05. The van der Waals surface area contributed by atoms with Crippen LogP contribution in [0.25, 0.3) is 0 Å². The van der Waals surface area contributed by atoms with Crippen molar-refractivity contribution in [2.45, 2.75) is 11.8 Å². The van der Waals surface area contributed by atoms with Crippen LogP contribution in [0.15, 0.2) is 18.2 Å². The van der Waals surface area contributed by atoms with Crippen molar-refractivity contribution in [3.8, 4) is 0 Å². The molecule has 0 N–H and O–H groups in total. The summed E-state index contributed by atoms with van der Waals surface area (Å²) in [4.78, 5) is 0. The number of alkyl halides is 2. The van der Waals surface area contributed by atoms with Gasteiger partial charge in [0, 0.05) is 12.1 Å². The summed E-state index contributed by atoms with van der Waals surface area (Å²) in [6.45, 7) is 0. The van der Waals surface area contributed by atoms with Crippen LogP contribution in [0.3, 0.4) is 0 Å². The van der Waals surface area contributed by atoms with Gasteiger partial charge in [-0.25, -0.2) is 0 Å². The summed E-state index contributed by atoms with van der Waals surface area (Å²) < 4.78 is 0.764. The normalized spacial score (nSPS) is 10.0. The summed E-state index contributed by atoms with van der Waals surface area (Å²) in [7, 11) is 0. The summed E-state index contributed by atoms with van der Waals surface area (Å²) in [6.07, 6.45) is 0. The first-order valence-corrected chi connectivity index (χ1v) is 4.18. The molecule has 0 aliphatic carbocycles. The smallest absolute Gasteiger partial charge is 0.207 e. The molecular weight excluding hydrogens is 185 g/mol. The highest BCUT2D eigenvalue weighted by molar-refractivity contribution is 6.17. The standard InChI is InChI=1S/C7H7Cl2NO/c8-4-6-2-1-3-7(5-9)10(6)11/h1-3H,4-5H2. The molecule has 0 radical (unpaired) electrons. The second-order valence-corrected chi connectivity index (χ2v) is 2.60. The highest BCUT2D eigenvalue weighted by atomic mass is 35.5. The monoisotopic (exact) mass is 191 g/mol. The fraction of sp³-hybridized carbons (Fsp3) is 0.286. The molecule has 60 valence electrons.